The molecule has 0 unspecified atom stereocenters. The molecular formula is C17H13ClF2N2O2. The second kappa shape index (κ2) is 6.20. The van der Waals surface area contributed by atoms with E-state index in [1.54, 1.807) is 19.1 Å². The molecule has 1 aliphatic rings. The van der Waals surface area contributed by atoms with E-state index in [1.807, 2.05) is 0 Å². The molecule has 2 aromatic carbocycles. The van der Waals surface area contributed by atoms with Crippen LogP contribution < -0.4 is 10.2 Å². The zero-order valence-electron chi connectivity index (χ0n) is 12.6. The fourth-order valence-corrected chi connectivity index (χ4v) is 2.70. The summed E-state index contributed by atoms with van der Waals surface area (Å²) in [6.45, 7) is 1.63. The number of imide groups is 1. The molecule has 24 heavy (non-hydrogen) atoms. The molecule has 1 N–H and O–H groups in total. The van der Waals surface area contributed by atoms with Gasteiger partial charge in [-0.15, -0.1) is 0 Å². The highest BCUT2D eigenvalue weighted by Crippen LogP contribution is 2.28. The molecule has 0 radical (unpaired) electrons. The number of carbonyl (C=O) groups is 2. The summed E-state index contributed by atoms with van der Waals surface area (Å²) in [7, 11) is 0. The molecule has 1 atom stereocenters. The Balaban J connectivity index is 1.83. The smallest absolute Gasteiger partial charge is 0.256 e. The number of benzene rings is 2. The largest absolute Gasteiger partial charge is 0.373 e. The summed E-state index contributed by atoms with van der Waals surface area (Å²) in [6.07, 6.45) is -0.0800. The molecule has 1 fully saturated rings. The normalized spacial score (nSPS) is 17.5. The molecule has 2 aromatic rings. The number of nitrogens with one attached hydrogen (secondary N) is 1. The van der Waals surface area contributed by atoms with Gasteiger partial charge in [0.05, 0.1) is 17.1 Å². The van der Waals surface area contributed by atoms with Crippen LogP contribution in [0.25, 0.3) is 0 Å². The van der Waals surface area contributed by atoms with Crippen LogP contribution in [0.1, 0.15) is 12.0 Å². The van der Waals surface area contributed by atoms with Crippen molar-refractivity contribution < 1.29 is 18.4 Å². The number of aryl methyl sites for hydroxylation is 1. The van der Waals surface area contributed by atoms with Gasteiger partial charge in [0.2, 0.25) is 5.91 Å². The Labute approximate surface area is 142 Å². The first-order valence-electron chi connectivity index (χ1n) is 7.21. The van der Waals surface area contributed by atoms with Crippen molar-refractivity contribution in [3.05, 3.63) is 58.6 Å². The maximum absolute atomic E-state index is 13.6. The fourth-order valence-electron chi connectivity index (χ4n) is 2.52. The van der Waals surface area contributed by atoms with Crippen LogP contribution in [0.5, 0.6) is 0 Å². The van der Waals surface area contributed by atoms with Gasteiger partial charge < -0.3 is 5.32 Å². The van der Waals surface area contributed by atoms with E-state index in [2.05, 4.69) is 5.32 Å². The summed E-state index contributed by atoms with van der Waals surface area (Å²) >= 11 is 5.70. The maximum Gasteiger partial charge on any atom is 0.256 e. The van der Waals surface area contributed by atoms with Crippen molar-refractivity contribution in [2.45, 2.75) is 19.4 Å². The summed E-state index contributed by atoms with van der Waals surface area (Å²) in [6, 6.07) is 7.29. The molecule has 0 aromatic heterocycles. The van der Waals surface area contributed by atoms with Crippen LogP contribution in [0.15, 0.2) is 36.4 Å². The van der Waals surface area contributed by atoms with E-state index in [0.717, 1.165) is 11.0 Å². The molecule has 1 aliphatic heterocycles. The molecule has 1 saturated heterocycles. The molecular weight excluding hydrogens is 338 g/mol. The van der Waals surface area contributed by atoms with Crippen molar-refractivity contribution >= 4 is 34.8 Å². The number of nitrogens with zero attached hydrogens (tertiary/aromatic N) is 1. The van der Waals surface area contributed by atoms with E-state index in [-0.39, 0.29) is 17.1 Å². The topological polar surface area (TPSA) is 49.4 Å². The van der Waals surface area contributed by atoms with Crippen LogP contribution in [0.4, 0.5) is 20.2 Å². The van der Waals surface area contributed by atoms with Crippen LogP contribution in [0, 0.1) is 18.6 Å². The standard InChI is InChI=1S/C17H13ClF2N2O2/c1-9-2-3-10(6-14(9)20)21-15-8-16(23)22(17(15)24)11-4-5-13(19)12(18)7-11/h2-7,15,21H,8H2,1H3/t15-/m0/s1. The van der Waals surface area contributed by atoms with Gasteiger partial charge >= 0.3 is 0 Å². The van der Waals surface area contributed by atoms with Gasteiger partial charge in [0.25, 0.3) is 5.91 Å². The van der Waals surface area contributed by atoms with Gasteiger partial charge in [-0.25, -0.2) is 13.7 Å². The highest BCUT2D eigenvalue weighted by Gasteiger charge is 2.39. The predicted octanol–water partition coefficient (Wildman–Crippen LogP) is 3.67. The summed E-state index contributed by atoms with van der Waals surface area (Å²) < 4.78 is 26.8. The van der Waals surface area contributed by atoms with Gasteiger partial charge in [-0.2, -0.15) is 0 Å². The Kier molecular flexibility index (Phi) is 4.24. The van der Waals surface area contributed by atoms with Gasteiger partial charge in [0.1, 0.15) is 17.7 Å². The molecule has 0 spiro atoms. The van der Waals surface area contributed by atoms with Crippen LogP contribution in [-0.2, 0) is 9.59 Å². The third kappa shape index (κ3) is 2.97. The van der Waals surface area contributed by atoms with E-state index in [1.165, 1.54) is 18.2 Å². The average molecular weight is 351 g/mol. The third-order valence-corrected chi connectivity index (χ3v) is 4.11. The van der Waals surface area contributed by atoms with Crippen molar-refractivity contribution in [1.82, 2.24) is 0 Å². The minimum Gasteiger partial charge on any atom is -0.373 e. The van der Waals surface area contributed by atoms with E-state index >= 15 is 0 Å². The zero-order valence-corrected chi connectivity index (χ0v) is 13.4. The Morgan fingerprint density at radius 3 is 2.54 bits per heavy atom. The SMILES string of the molecule is Cc1ccc(N[C@H]2CC(=O)N(c3ccc(F)c(Cl)c3)C2=O)cc1F. The fraction of sp³-hybridized carbons (Fsp3) is 0.176. The summed E-state index contributed by atoms with van der Waals surface area (Å²) in [5, 5.41) is 2.68. The monoisotopic (exact) mass is 350 g/mol. The Morgan fingerprint density at radius 2 is 1.88 bits per heavy atom. The Morgan fingerprint density at radius 1 is 1.12 bits per heavy atom. The van der Waals surface area contributed by atoms with E-state index in [0.29, 0.717) is 11.3 Å². The van der Waals surface area contributed by atoms with Gasteiger partial charge in [-0.1, -0.05) is 17.7 Å². The number of rotatable bonds is 3. The molecule has 0 saturated carbocycles. The Bertz CT molecular complexity index is 841. The number of amides is 2. The molecule has 1 heterocycles. The van der Waals surface area contributed by atoms with Crippen LogP contribution in [0.3, 0.4) is 0 Å². The number of hydrogen-bond acceptors (Lipinski definition) is 3. The first-order chi connectivity index (χ1) is 11.4. The Hall–Kier alpha value is -2.47. The lowest BCUT2D eigenvalue weighted by Crippen LogP contribution is -2.34. The number of carbonyl (C=O) groups excluding carboxylic acids is 2. The first kappa shape index (κ1) is 16.4. The first-order valence-corrected chi connectivity index (χ1v) is 7.59. The van der Waals surface area contributed by atoms with Crippen molar-refractivity contribution in [3.8, 4) is 0 Å². The lowest BCUT2D eigenvalue weighted by Gasteiger charge is -2.16. The van der Waals surface area contributed by atoms with Crippen molar-refractivity contribution in [2.75, 3.05) is 10.2 Å². The highest BCUT2D eigenvalue weighted by molar-refractivity contribution is 6.31. The van der Waals surface area contributed by atoms with Crippen LogP contribution >= 0.6 is 11.6 Å². The quantitative estimate of drug-likeness (QED) is 0.859. The molecule has 0 bridgehead atoms. The van der Waals surface area contributed by atoms with Gasteiger partial charge in [-0.05, 0) is 42.8 Å². The van der Waals surface area contributed by atoms with E-state index in [4.69, 9.17) is 11.6 Å². The molecule has 7 heteroatoms. The maximum atomic E-state index is 13.6. The molecule has 2 amide bonds. The predicted molar refractivity (Wildman–Crippen MR) is 87.1 cm³/mol. The number of anilines is 2. The molecule has 3 rings (SSSR count). The summed E-state index contributed by atoms with van der Waals surface area (Å²) in [5.74, 6) is -1.97. The van der Waals surface area contributed by atoms with E-state index in [9.17, 15) is 18.4 Å². The number of hydrogen-bond donors (Lipinski definition) is 1. The van der Waals surface area contributed by atoms with E-state index < -0.39 is 29.5 Å². The van der Waals surface area contributed by atoms with Gasteiger partial charge in [-0.3, -0.25) is 9.59 Å². The average Bonchev–Trinajstić information content (AvgIpc) is 2.80. The van der Waals surface area contributed by atoms with Gasteiger partial charge in [0.15, 0.2) is 0 Å². The lowest BCUT2D eigenvalue weighted by atomic mass is 10.2. The summed E-state index contributed by atoms with van der Waals surface area (Å²) in [4.78, 5) is 25.6. The van der Waals surface area contributed by atoms with Crippen molar-refractivity contribution in [2.24, 2.45) is 0 Å². The van der Waals surface area contributed by atoms with Crippen LogP contribution in [0.2, 0.25) is 5.02 Å². The second-order valence-electron chi connectivity index (χ2n) is 5.53. The highest BCUT2D eigenvalue weighted by atomic mass is 35.5. The molecule has 124 valence electrons. The molecule has 0 aliphatic carbocycles. The van der Waals surface area contributed by atoms with Crippen LogP contribution in [-0.4, -0.2) is 17.9 Å². The zero-order chi connectivity index (χ0) is 17.4. The third-order valence-electron chi connectivity index (χ3n) is 3.82. The van der Waals surface area contributed by atoms with Gasteiger partial charge in [0, 0.05) is 5.69 Å². The second-order valence-corrected chi connectivity index (χ2v) is 5.94. The van der Waals surface area contributed by atoms with Crippen molar-refractivity contribution in [1.29, 1.82) is 0 Å². The minimum atomic E-state index is -0.816. The summed E-state index contributed by atoms with van der Waals surface area (Å²) in [5.41, 5.74) is 1.09. The lowest BCUT2D eigenvalue weighted by molar-refractivity contribution is -0.121. The number of halogens is 3. The molecule has 4 nitrogen and oxygen atoms in total. The minimum absolute atomic E-state index is 0.0800. The van der Waals surface area contributed by atoms with Crippen molar-refractivity contribution in [3.63, 3.8) is 0 Å².